The second-order valence-electron chi connectivity index (χ2n) is 13.5. The standard InChI is InChI=1S/C36H33N5O17S/c1-18(22-11-27-29(54-16-52-27)13-24(22)40(48)49)56-35(44)37-26-15-59-31(5-3-4-6-32(42)58-21-9-7-20(8-10-21)39(46)47)33(26)38(34(37)43)36(45)57-19(2)23-12-28-30(55-17-53-28)14-25(23)41(50)51/h7-14,18-19,26,31,33H,3-6,15-17H2,1-2H3/t18?,19?,26-,31-,33-/m0/s1. The maximum atomic E-state index is 14.1. The third-order valence-corrected chi connectivity index (χ3v) is 11.4. The van der Waals surface area contributed by atoms with Gasteiger partial charge in [0.25, 0.3) is 17.1 Å². The van der Waals surface area contributed by atoms with E-state index in [4.69, 9.17) is 33.2 Å². The van der Waals surface area contributed by atoms with E-state index in [2.05, 4.69) is 0 Å². The van der Waals surface area contributed by atoms with Crippen molar-refractivity contribution in [2.75, 3.05) is 19.3 Å². The van der Waals surface area contributed by atoms with Gasteiger partial charge < -0.3 is 33.2 Å². The zero-order chi connectivity index (χ0) is 42.1. The molecule has 310 valence electrons. The maximum absolute atomic E-state index is 14.1. The molecule has 4 aliphatic rings. The summed E-state index contributed by atoms with van der Waals surface area (Å²) in [4.78, 5) is 88.9. The predicted octanol–water partition coefficient (Wildman–Crippen LogP) is 6.72. The van der Waals surface area contributed by atoms with Gasteiger partial charge in [-0.2, -0.15) is 11.8 Å². The fourth-order valence-corrected chi connectivity index (χ4v) is 8.75. The van der Waals surface area contributed by atoms with Crippen LogP contribution < -0.4 is 23.7 Å². The fraction of sp³-hybridized carbons (Fsp3) is 0.389. The van der Waals surface area contributed by atoms with E-state index in [9.17, 15) is 49.5 Å². The fourth-order valence-electron chi connectivity index (χ4n) is 7.12. The number of fused-ring (bicyclic) bond motifs is 3. The summed E-state index contributed by atoms with van der Waals surface area (Å²) < 4.78 is 37.8. The Hall–Kier alpha value is -6.91. The molecule has 23 heteroatoms. The number of nitrogens with zero attached hydrogens (tertiary/aromatic N) is 5. The molecule has 0 spiro atoms. The molecule has 7 rings (SSSR count). The number of urea groups is 1. The average Bonchev–Trinajstić information content (AvgIpc) is 4.00. The van der Waals surface area contributed by atoms with E-state index in [0.29, 0.717) is 19.3 Å². The molecule has 3 aromatic rings. The molecule has 4 amide bonds. The molecule has 59 heavy (non-hydrogen) atoms. The summed E-state index contributed by atoms with van der Waals surface area (Å²) in [5.74, 6) is 0.311. The summed E-state index contributed by atoms with van der Waals surface area (Å²) in [6.07, 6.45) is -3.95. The highest BCUT2D eigenvalue weighted by atomic mass is 32.2. The van der Waals surface area contributed by atoms with Crippen LogP contribution in [0.3, 0.4) is 0 Å². The lowest BCUT2D eigenvalue weighted by atomic mass is 10.0. The van der Waals surface area contributed by atoms with Crippen molar-refractivity contribution in [3.05, 3.63) is 90.0 Å². The number of esters is 1. The average molecular weight is 840 g/mol. The zero-order valence-electron chi connectivity index (χ0n) is 31.0. The molecule has 0 aromatic heterocycles. The number of benzene rings is 3. The highest BCUT2D eigenvalue weighted by molar-refractivity contribution is 8.00. The van der Waals surface area contributed by atoms with Gasteiger partial charge in [0.15, 0.2) is 23.0 Å². The molecule has 0 bridgehead atoms. The number of hydrogen-bond acceptors (Lipinski definition) is 18. The van der Waals surface area contributed by atoms with Crippen LogP contribution in [0.1, 0.15) is 62.9 Å². The van der Waals surface area contributed by atoms with Crippen molar-refractivity contribution in [3.63, 3.8) is 0 Å². The monoisotopic (exact) mass is 839 g/mol. The van der Waals surface area contributed by atoms with Gasteiger partial charge in [-0.15, -0.1) is 0 Å². The highest BCUT2D eigenvalue weighted by Gasteiger charge is 2.59. The number of nitro groups is 3. The molecule has 2 fully saturated rings. The van der Waals surface area contributed by atoms with E-state index in [1.165, 1.54) is 62.0 Å². The Morgan fingerprint density at radius 2 is 1.27 bits per heavy atom. The number of ether oxygens (including phenoxy) is 7. The summed E-state index contributed by atoms with van der Waals surface area (Å²) >= 11 is 1.35. The third-order valence-electron chi connectivity index (χ3n) is 9.96. The number of carbonyl (C=O) groups is 4. The number of rotatable bonds is 13. The van der Waals surface area contributed by atoms with E-state index in [1.54, 1.807) is 0 Å². The molecule has 2 saturated heterocycles. The van der Waals surface area contributed by atoms with Crippen LogP contribution >= 0.6 is 11.8 Å². The lowest BCUT2D eigenvalue weighted by Crippen LogP contribution is -2.45. The van der Waals surface area contributed by atoms with Crippen molar-refractivity contribution in [2.45, 2.75) is 69.1 Å². The molecule has 5 atom stereocenters. The van der Waals surface area contributed by atoms with Crippen molar-refractivity contribution in [1.29, 1.82) is 0 Å². The number of amides is 4. The van der Waals surface area contributed by atoms with Gasteiger partial charge in [-0.1, -0.05) is 6.42 Å². The summed E-state index contributed by atoms with van der Waals surface area (Å²) in [5, 5.41) is 34.3. The van der Waals surface area contributed by atoms with Crippen LogP contribution in [-0.4, -0.2) is 85.4 Å². The number of carbonyl (C=O) groups excluding carboxylic acids is 4. The predicted molar refractivity (Wildman–Crippen MR) is 198 cm³/mol. The van der Waals surface area contributed by atoms with Gasteiger partial charge in [0.1, 0.15) is 18.0 Å². The van der Waals surface area contributed by atoms with Gasteiger partial charge >= 0.3 is 24.2 Å². The first-order valence-electron chi connectivity index (χ1n) is 18.0. The Labute approximate surface area is 336 Å². The van der Waals surface area contributed by atoms with Crippen LogP contribution in [-0.2, 0) is 14.3 Å². The van der Waals surface area contributed by atoms with E-state index >= 15 is 0 Å². The Morgan fingerprint density at radius 3 is 1.78 bits per heavy atom. The minimum atomic E-state index is -1.30. The maximum Gasteiger partial charge on any atom is 0.418 e. The van der Waals surface area contributed by atoms with Crippen LogP contribution in [0.5, 0.6) is 28.7 Å². The molecular formula is C36H33N5O17S. The Morgan fingerprint density at radius 1 is 0.763 bits per heavy atom. The first-order chi connectivity index (χ1) is 28.2. The number of hydrogen-bond donors (Lipinski definition) is 0. The molecular weight excluding hydrogens is 806 g/mol. The van der Waals surface area contributed by atoms with Gasteiger partial charge in [-0.05, 0) is 51.0 Å². The van der Waals surface area contributed by atoms with Gasteiger partial charge in [-0.3, -0.25) is 35.1 Å². The second-order valence-corrected chi connectivity index (χ2v) is 14.8. The molecule has 0 saturated carbocycles. The summed E-state index contributed by atoms with van der Waals surface area (Å²) in [6, 6.07) is 6.85. The number of nitro benzene ring substituents is 3. The molecule has 0 N–H and O–H groups in total. The molecule has 4 heterocycles. The molecule has 4 aliphatic heterocycles. The van der Waals surface area contributed by atoms with Crippen molar-refractivity contribution in [1.82, 2.24) is 9.80 Å². The summed E-state index contributed by atoms with van der Waals surface area (Å²) in [7, 11) is 0. The Bertz CT molecular complexity index is 2240. The highest BCUT2D eigenvalue weighted by Crippen LogP contribution is 2.46. The smallest absolute Gasteiger partial charge is 0.418 e. The molecule has 22 nitrogen and oxygen atoms in total. The quantitative estimate of drug-likeness (QED) is 0.0431. The SMILES string of the molecule is CC(OC(=O)N1C(=O)N(C(=O)OC(C)c2cc3c(cc2[N+](=O)[O-])OCO3)[C@H]2CS[C@@H](CCCCC(=O)Oc3ccc([N+](=O)[O-])cc3)[C@H]21)c1cc2c(cc1[N+](=O)[O-])OCO2. The van der Waals surface area contributed by atoms with E-state index in [-0.39, 0.29) is 71.3 Å². The minimum absolute atomic E-state index is 0.0265. The van der Waals surface area contributed by atoms with E-state index < -0.39 is 79.9 Å². The van der Waals surface area contributed by atoms with Crippen LogP contribution in [0, 0.1) is 30.3 Å². The van der Waals surface area contributed by atoms with Crippen LogP contribution in [0.4, 0.5) is 31.4 Å². The van der Waals surface area contributed by atoms with E-state index in [1.807, 2.05) is 0 Å². The summed E-state index contributed by atoms with van der Waals surface area (Å²) in [5.41, 5.74) is -1.12. The third kappa shape index (κ3) is 8.13. The topological polar surface area (TPSA) is 269 Å². The minimum Gasteiger partial charge on any atom is -0.454 e. The van der Waals surface area contributed by atoms with Gasteiger partial charge in [-0.25, -0.2) is 24.2 Å². The Balaban J connectivity index is 1.08. The largest absolute Gasteiger partial charge is 0.454 e. The molecule has 3 aromatic carbocycles. The van der Waals surface area contributed by atoms with Gasteiger partial charge in [0, 0.05) is 29.6 Å². The van der Waals surface area contributed by atoms with Gasteiger partial charge in [0.05, 0.1) is 50.1 Å². The second kappa shape index (κ2) is 16.5. The van der Waals surface area contributed by atoms with Crippen LogP contribution in [0.2, 0.25) is 0 Å². The zero-order valence-corrected chi connectivity index (χ0v) is 31.9. The van der Waals surface area contributed by atoms with Crippen LogP contribution in [0.25, 0.3) is 0 Å². The molecule has 0 aliphatic carbocycles. The summed E-state index contributed by atoms with van der Waals surface area (Å²) in [6.45, 7) is 2.38. The molecule has 2 unspecified atom stereocenters. The van der Waals surface area contributed by atoms with Crippen molar-refractivity contribution >= 4 is 53.0 Å². The number of unbranched alkanes of at least 4 members (excludes halogenated alkanes) is 1. The van der Waals surface area contributed by atoms with Crippen molar-refractivity contribution in [3.8, 4) is 28.7 Å². The number of non-ortho nitro benzene ring substituents is 1. The first kappa shape index (κ1) is 40.3. The molecule has 0 radical (unpaired) electrons. The van der Waals surface area contributed by atoms with Crippen molar-refractivity contribution in [2.24, 2.45) is 0 Å². The van der Waals surface area contributed by atoms with Crippen molar-refractivity contribution < 1.29 is 67.1 Å². The van der Waals surface area contributed by atoms with E-state index in [0.717, 1.165) is 21.9 Å². The van der Waals surface area contributed by atoms with Gasteiger partial charge in [0.2, 0.25) is 13.6 Å². The van der Waals surface area contributed by atoms with Crippen LogP contribution in [0.15, 0.2) is 48.5 Å². The first-order valence-corrected chi connectivity index (χ1v) is 19.0. The lowest BCUT2D eigenvalue weighted by molar-refractivity contribution is -0.386. The number of thioether (sulfide) groups is 1. The lowest BCUT2D eigenvalue weighted by Gasteiger charge is -2.26. The normalized spacial score (nSPS) is 19.5. The number of imide groups is 2. The Kier molecular flexibility index (Phi) is 11.3.